The molecule has 0 heterocycles. The van der Waals surface area contributed by atoms with Gasteiger partial charge in [0.25, 0.3) is 6.47 Å². The van der Waals surface area contributed by atoms with Gasteiger partial charge in [0.2, 0.25) is 0 Å². The van der Waals surface area contributed by atoms with E-state index >= 15 is 0 Å². The molecule has 0 aromatic heterocycles. The number of rotatable bonds is 3. The van der Waals surface area contributed by atoms with Crippen LogP contribution in [0.4, 0.5) is 0 Å². The van der Waals surface area contributed by atoms with E-state index in [0.29, 0.717) is 6.47 Å². The predicted octanol–water partition coefficient (Wildman–Crippen LogP) is 0.932. The van der Waals surface area contributed by atoms with E-state index in [4.69, 9.17) is 4.74 Å². The van der Waals surface area contributed by atoms with E-state index in [0.717, 1.165) is 0 Å². The average molecular weight is 132 g/mol. The van der Waals surface area contributed by atoms with Gasteiger partial charge in [0.1, 0.15) is 0 Å². The zero-order valence-electron chi connectivity index (χ0n) is 6.01. The van der Waals surface area contributed by atoms with Crippen LogP contribution >= 0.6 is 0 Å². The van der Waals surface area contributed by atoms with Crippen LogP contribution in [0.5, 0.6) is 0 Å². The Bertz CT molecular complexity index is 82.8. The fraction of sp³-hybridized carbons (Fsp3) is 0.833. The maximum atomic E-state index is 9.59. The monoisotopic (exact) mass is 132 g/mol. The minimum atomic E-state index is -0.233. The third-order valence-electron chi connectivity index (χ3n) is 0.628. The lowest BCUT2D eigenvalue weighted by Gasteiger charge is -2.17. The maximum Gasteiger partial charge on any atom is 0.295 e. The van der Waals surface area contributed by atoms with Crippen LogP contribution in [-0.4, -0.2) is 18.9 Å². The fourth-order valence-corrected chi connectivity index (χ4v) is 0.239. The van der Waals surface area contributed by atoms with Crippen LogP contribution < -0.4 is 0 Å². The quantitative estimate of drug-likeness (QED) is 0.325. The zero-order chi connectivity index (χ0) is 7.33. The highest BCUT2D eigenvalue weighted by Crippen LogP contribution is 2.05. The van der Waals surface area contributed by atoms with Gasteiger partial charge in [-0.25, -0.2) is 0 Å². The van der Waals surface area contributed by atoms with Gasteiger partial charge >= 0.3 is 0 Å². The summed E-state index contributed by atoms with van der Waals surface area (Å²) in [7, 11) is 0. The molecule has 0 spiro atoms. The molecule has 0 bridgehead atoms. The lowest BCUT2D eigenvalue weighted by molar-refractivity contribution is -0.152. The molecule has 54 valence electrons. The van der Waals surface area contributed by atoms with Crippen molar-refractivity contribution in [1.29, 1.82) is 0 Å². The molecule has 0 amide bonds. The normalized spacial score (nSPS) is 11.0. The van der Waals surface area contributed by atoms with Crippen molar-refractivity contribution in [2.45, 2.75) is 26.4 Å². The van der Waals surface area contributed by atoms with Gasteiger partial charge in [-0.1, -0.05) is 0 Å². The van der Waals surface area contributed by atoms with Crippen molar-refractivity contribution in [1.82, 2.24) is 0 Å². The van der Waals surface area contributed by atoms with Crippen molar-refractivity contribution in [3.05, 3.63) is 0 Å². The highest BCUT2D eigenvalue weighted by molar-refractivity contribution is 5.36. The van der Waals surface area contributed by atoms with Gasteiger partial charge in [-0.15, -0.1) is 0 Å². The first-order valence-corrected chi connectivity index (χ1v) is 2.75. The first-order valence-electron chi connectivity index (χ1n) is 2.75. The SMILES string of the molecule is CC(C)(C)OCOC=O. The average Bonchev–Trinajstić information content (AvgIpc) is 1.63. The van der Waals surface area contributed by atoms with E-state index in [1.807, 2.05) is 20.8 Å². The lowest BCUT2D eigenvalue weighted by Crippen LogP contribution is -2.20. The third kappa shape index (κ3) is 7.43. The largest absolute Gasteiger partial charge is 0.441 e. The van der Waals surface area contributed by atoms with Crippen molar-refractivity contribution in [2.24, 2.45) is 0 Å². The molecule has 0 saturated heterocycles. The van der Waals surface area contributed by atoms with Gasteiger partial charge in [-0.05, 0) is 20.8 Å². The molecular formula is C6H12O3. The Labute approximate surface area is 55.0 Å². The van der Waals surface area contributed by atoms with Crippen LogP contribution in [0.3, 0.4) is 0 Å². The second kappa shape index (κ2) is 3.45. The Kier molecular flexibility index (Phi) is 3.24. The minimum absolute atomic E-state index is 0.0347. The van der Waals surface area contributed by atoms with E-state index in [1.54, 1.807) is 0 Å². The molecule has 0 radical (unpaired) electrons. The minimum Gasteiger partial charge on any atom is -0.441 e. The summed E-state index contributed by atoms with van der Waals surface area (Å²) in [6.07, 6.45) is 0. The summed E-state index contributed by atoms with van der Waals surface area (Å²) in [5.41, 5.74) is -0.233. The number of hydrogen-bond donors (Lipinski definition) is 0. The Hall–Kier alpha value is -0.570. The van der Waals surface area contributed by atoms with Gasteiger partial charge in [0.05, 0.1) is 5.60 Å². The molecule has 0 aliphatic heterocycles. The highest BCUT2D eigenvalue weighted by Gasteiger charge is 2.08. The van der Waals surface area contributed by atoms with Gasteiger partial charge in [0.15, 0.2) is 6.79 Å². The number of hydrogen-bond acceptors (Lipinski definition) is 3. The molecule has 0 N–H and O–H groups in total. The summed E-state index contributed by atoms with van der Waals surface area (Å²) in [6, 6.07) is 0. The zero-order valence-corrected chi connectivity index (χ0v) is 6.01. The molecule has 0 aliphatic carbocycles. The van der Waals surface area contributed by atoms with E-state index in [1.165, 1.54) is 0 Å². The predicted molar refractivity (Wildman–Crippen MR) is 32.9 cm³/mol. The number of carbonyl (C=O) groups excluding carboxylic acids is 1. The van der Waals surface area contributed by atoms with Gasteiger partial charge in [-0.2, -0.15) is 0 Å². The number of ether oxygens (including phenoxy) is 2. The first kappa shape index (κ1) is 8.43. The van der Waals surface area contributed by atoms with Crippen molar-refractivity contribution < 1.29 is 14.3 Å². The molecule has 0 rings (SSSR count). The van der Waals surface area contributed by atoms with Gasteiger partial charge in [0, 0.05) is 0 Å². The molecule has 0 aromatic carbocycles. The van der Waals surface area contributed by atoms with Crippen LogP contribution in [0, 0.1) is 0 Å². The molecule has 0 fully saturated rings. The second-order valence-electron chi connectivity index (χ2n) is 2.64. The van der Waals surface area contributed by atoms with Crippen LogP contribution in [0.2, 0.25) is 0 Å². The smallest absolute Gasteiger partial charge is 0.295 e. The molecule has 0 saturated carbocycles. The molecule has 3 nitrogen and oxygen atoms in total. The van der Waals surface area contributed by atoms with E-state index in [-0.39, 0.29) is 12.4 Å². The summed E-state index contributed by atoms with van der Waals surface area (Å²) in [5.74, 6) is 0. The lowest BCUT2D eigenvalue weighted by atomic mass is 10.2. The molecule has 0 atom stereocenters. The molecule has 0 unspecified atom stereocenters. The van der Waals surface area contributed by atoms with Crippen molar-refractivity contribution in [3.8, 4) is 0 Å². The van der Waals surface area contributed by atoms with E-state index in [2.05, 4.69) is 4.74 Å². The molecule has 9 heavy (non-hydrogen) atoms. The maximum absolute atomic E-state index is 9.59. The summed E-state index contributed by atoms with van der Waals surface area (Å²) in [5, 5.41) is 0. The van der Waals surface area contributed by atoms with Crippen LogP contribution in [0.15, 0.2) is 0 Å². The molecule has 3 heteroatoms. The third-order valence-corrected chi connectivity index (χ3v) is 0.628. The molecular weight excluding hydrogens is 120 g/mol. The Balaban J connectivity index is 3.17. The Morgan fingerprint density at radius 3 is 2.33 bits per heavy atom. The van der Waals surface area contributed by atoms with Crippen LogP contribution in [0.1, 0.15) is 20.8 Å². The Morgan fingerprint density at radius 2 is 2.00 bits per heavy atom. The topological polar surface area (TPSA) is 35.5 Å². The fourth-order valence-electron chi connectivity index (χ4n) is 0.239. The molecule has 0 aromatic rings. The Morgan fingerprint density at radius 1 is 1.44 bits per heavy atom. The second-order valence-corrected chi connectivity index (χ2v) is 2.64. The van der Waals surface area contributed by atoms with E-state index in [9.17, 15) is 4.79 Å². The standard InChI is InChI=1S/C6H12O3/c1-6(2,3)9-5-8-4-7/h4H,5H2,1-3H3. The van der Waals surface area contributed by atoms with E-state index < -0.39 is 0 Å². The van der Waals surface area contributed by atoms with Crippen LogP contribution in [-0.2, 0) is 14.3 Å². The highest BCUT2D eigenvalue weighted by atomic mass is 16.7. The summed E-state index contributed by atoms with van der Waals surface area (Å²) >= 11 is 0. The first-order chi connectivity index (χ1) is 4.06. The van der Waals surface area contributed by atoms with Gasteiger partial charge < -0.3 is 9.47 Å². The summed E-state index contributed by atoms with van der Waals surface area (Å²) in [4.78, 5) is 9.59. The summed E-state index contributed by atoms with van der Waals surface area (Å²) in [6.45, 7) is 6.07. The van der Waals surface area contributed by atoms with Gasteiger partial charge in [-0.3, -0.25) is 4.79 Å². The van der Waals surface area contributed by atoms with Crippen molar-refractivity contribution in [3.63, 3.8) is 0 Å². The van der Waals surface area contributed by atoms with Crippen molar-refractivity contribution >= 4 is 6.47 Å². The van der Waals surface area contributed by atoms with Crippen LogP contribution in [0.25, 0.3) is 0 Å². The number of carbonyl (C=O) groups is 1. The molecule has 0 aliphatic rings. The summed E-state index contributed by atoms with van der Waals surface area (Å²) < 4.78 is 9.32. The van der Waals surface area contributed by atoms with Crippen molar-refractivity contribution in [2.75, 3.05) is 6.79 Å².